The molecule has 1 amide bonds. The summed E-state index contributed by atoms with van der Waals surface area (Å²) in [5.74, 6) is 0.342. The molecule has 5 heteroatoms. The Morgan fingerprint density at radius 3 is 2.32 bits per heavy atom. The average Bonchev–Trinajstić information content (AvgIpc) is 2.62. The molecule has 0 saturated heterocycles. The summed E-state index contributed by atoms with van der Waals surface area (Å²) in [6, 6.07) is 16.9. The van der Waals surface area contributed by atoms with Gasteiger partial charge in [-0.25, -0.2) is 4.79 Å². The van der Waals surface area contributed by atoms with Crippen LogP contribution in [0, 0.1) is 0 Å². The van der Waals surface area contributed by atoms with Gasteiger partial charge in [0, 0.05) is 25.2 Å². The Morgan fingerprint density at radius 2 is 1.68 bits per heavy atom. The fourth-order valence-corrected chi connectivity index (χ4v) is 2.81. The normalized spacial score (nSPS) is 10.7. The smallest absolute Gasteiger partial charge is 0.409 e. The Kier molecular flexibility index (Phi) is 4.57. The summed E-state index contributed by atoms with van der Waals surface area (Å²) in [7, 11) is 3.22. The molecule has 0 aliphatic heterocycles. The topological polar surface area (TPSA) is 51.5 Å². The van der Waals surface area contributed by atoms with Crippen molar-refractivity contribution >= 4 is 17.0 Å². The molecule has 0 atom stereocenters. The third kappa shape index (κ3) is 3.01. The first-order valence-corrected chi connectivity index (χ1v) is 8.15. The van der Waals surface area contributed by atoms with Crippen molar-refractivity contribution in [3.8, 4) is 11.4 Å². The first-order chi connectivity index (χ1) is 12.0. The molecular weight excluding hydrogens is 316 g/mol. The van der Waals surface area contributed by atoms with Crippen LogP contribution in [0.15, 0.2) is 59.4 Å². The van der Waals surface area contributed by atoms with E-state index in [-0.39, 0.29) is 5.56 Å². The summed E-state index contributed by atoms with van der Waals surface area (Å²) in [6.45, 7) is 1.88. The van der Waals surface area contributed by atoms with Gasteiger partial charge in [0.15, 0.2) is 5.75 Å². The number of fused-ring (bicyclic) bond motifs is 1. The van der Waals surface area contributed by atoms with Crippen LogP contribution in [0.5, 0.6) is 5.75 Å². The molecule has 0 radical (unpaired) electrons. The predicted molar refractivity (Wildman–Crippen MR) is 98.6 cm³/mol. The molecule has 0 bridgehead atoms. The fraction of sp³-hybridized carbons (Fsp3) is 0.200. The lowest BCUT2D eigenvalue weighted by Gasteiger charge is -2.18. The molecule has 1 aromatic heterocycles. The zero-order valence-corrected chi connectivity index (χ0v) is 14.5. The standard InChI is InChI=1S/C20H20N2O3/c1-4-15-18(25-20(24)21(2)3)16-12-8-9-13-17(16)22(19(15)23)14-10-6-5-7-11-14/h5-13H,4H2,1-3H3. The van der Waals surface area contributed by atoms with Gasteiger partial charge in [-0.2, -0.15) is 0 Å². The molecule has 25 heavy (non-hydrogen) atoms. The van der Waals surface area contributed by atoms with Crippen LogP contribution in [0.3, 0.4) is 0 Å². The Bertz CT molecular complexity index is 975. The number of para-hydroxylation sites is 2. The second-order valence-electron chi connectivity index (χ2n) is 5.92. The van der Waals surface area contributed by atoms with Crippen LogP contribution in [0.25, 0.3) is 16.6 Å². The van der Waals surface area contributed by atoms with E-state index in [1.165, 1.54) is 4.90 Å². The first-order valence-electron chi connectivity index (χ1n) is 8.15. The lowest BCUT2D eigenvalue weighted by molar-refractivity contribution is 0.172. The zero-order valence-electron chi connectivity index (χ0n) is 14.5. The van der Waals surface area contributed by atoms with E-state index >= 15 is 0 Å². The van der Waals surface area contributed by atoms with Crippen molar-refractivity contribution < 1.29 is 9.53 Å². The summed E-state index contributed by atoms with van der Waals surface area (Å²) in [5.41, 5.74) is 1.80. The second kappa shape index (κ2) is 6.81. The predicted octanol–water partition coefficient (Wildman–Crippen LogP) is 3.61. The van der Waals surface area contributed by atoms with E-state index in [0.29, 0.717) is 23.3 Å². The van der Waals surface area contributed by atoms with Gasteiger partial charge < -0.3 is 9.64 Å². The molecule has 1 heterocycles. The number of ether oxygens (including phenoxy) is 1. The zero-order chi connectivity index (χ0) is 18.0. The highest BCUT2D eigenvalue weighted by Crippen LogP contribution is 2.30. The highest BCUT2D eigenvalue weighted by atomic mass is 16.6. The van der Waals surface area contributed by atoms with Gasteiger partial charge in [-0.05, 0) is 30.7 Å². The Hall–Kier alpha value is -3.08. The van der Waals surface area contributed by atoms with E-state index in [2.05, 4.69) is 0 Å². The number of nitrogens with zero attached hydrogens (tertiary/aromatic N) is 2. The molecule has 3 rings (SSSR count). The number of aromatic nitrogens is 1. The van der Waals surface area contributed by atoms with Crippen molar-refractivity contribution in [2.45, 2.75) is 13.3 Å². The molecule has 5 nitrogen and oxygen atoms in total. The quantitative estimate of drug-likeness (QED) is 0.734. The van der Waals surface area contributed by atoms with Gasteiger partial charge in [0.1, 0.15) is 0 Å². The van der Waals surface area contributed by atoms with Crippen molar-refractivity contribution in [3.63, 3.8) is 0 Å². The van der Waals surface area contributed by atoms with E-state index in [4.69, 9.17) is 4.74 Å². The van der Waals surface area contributed by atoms with Crippen LogP contribution in [-0.2, 0) is 6.42 Å². The maximum atomic E-state index is 13.1. The Labute approximate surface area is 146 Å². The number of benzene rings is 2. The van der Waals surface area contributed by atoms with Crippen molar-refractivity contribution in [3.05, 3.63) is 70.5 Å². The molecule has 0 saturated carbocycles. The van der Waals surface area contributed by atoms with Gasteiger partial charge in [-0.1, -0.05) is 37.3 Å². The molecule has 0 aliphatic rings. The molecule has 128 valence electrons. The molecule has 0 spiro atoms. The van der Waals surface area contributed by atoms with E-state index in [9.17, 15) is 9.59 Å². The lowest BCUT2D eigenvalue weighted by Crippen LogP contribution is -2.29. The van der Waals surface area contributed by atoms with Crippen LogP contribution in [0.1, 0.15) is 12.5 Å². The van der Waals surface area contributed by atoms with Crippen LogP contribution in [0.2, 0.25) is 0 Å². The Morgan fingerprint density at radius 1 is 1.04 bits per heavy atom. The number of carbonyl (C=O) groups excluding carboxylic acids is 1. The van der Waals surface area contributed by atoms with Crippen LogP contribution in [0.4, 0.5) is 4.79 Å². The molecule has 3 aromatic rings. The summed E-state index contributed by atoms with van der Waals surface area (Å²) in [5, 5.41) is 0.734. The van der Waals surface area contributed by atoms with Crippen molar-refractivity contribution in [2.75, 3.05) is 14.1 Å². The minimum atomic E-state index is -0.503. The largest absolute Gasteiger partial charge is 0.414 e. The fourth-order valence-electron chi connectivity index (χ4n) is 2.81. The summed E-state index contributed by atoms with van der Waals surface area (Å²) in [4.78, 5) is 26.6. The monoisotopic (exact) mass is 336 g/mol. The van der Waals surface area contributed by atoms with Gasteiger partial charge in [-0.3, -0.25) is 9.36 Å². The average molecular weight is 336 g/mol. The van der Waals surface area contributed by atoms with E-state index in [1.54, 1.807) is 18.7 Å². The third-order valence-electron chi connectivity index (χ3n) is 4.05. The number of hydrogen-bond donors (Lipinski definition) is 0. The van der Waals surface area contributed by atoms with Gasteiger partial charge in [0.05, 0.1) is 11.1 Å². The highest BCUT2D eigenvalue weighted by molar-refractivity contribution is 5.90. The molecule has 0 fully saturated rings. The van der Waals surface area contributed by atoms with Crippen molar-refractivity contribution in [1.29, 1.82) is 0 Å². The van der Waals surface area contributed by atoms with Crippen LogP contribution >= 0.6 is 0 Å². The number of rotatable bonds is 3. The minimum absolute atomic E-state index is 0.172. The summed E-state index contributed by atoms with van der Waals surface area (Å²) >= 11 is 0. The van der Waals surface area contributed by atoms with Crippen LogP contribution in [-0.4, -0.2) is 29.7 Å². The molecule has 0 aliphatic carbocycles. The number of pyridine rings is 1. The second-order valence-corrected chi connectivity index (χ2v) is 5.92. The molecule has 2 aromatic carbocycles. The molecule has 0 N–H and O–H groups in total. The van der Waals surface area contributed by atoms with Gasteiger partial charge in [0.2, 0.25) is 0 Å². The van der Waals surface area contributed by atoms with E-state index < -0.39 is 6.09 Å². The van der Waals surface area contributed by atoms with Gasteiger partial charge >= 0.3 is 6.09 Å². The lowest BCUT2D eigenvalue weighted by atomic mass is 10.1. The van der Waals surface area contributed by atoms with Gasteiger partial charge in [-0.15, -0.1) is 0 Å². The van der Waals surface area contributed by atoms with Crippen molar-refractivity contribution in [1.82, 2.24) is 9.47 Å². The van der Waals surface area contributed by atoms with Gasteiger partial charge in [0.25, 0.3) is 5.56 Å². The third-order valence-corrected chi connectivity index (χ3v) is 4.05. The van der Waals surface area contributed by atoms with E-state index in [1.807, 2.05) is 61.5 Å². The number of carbonyl (C=O) groups is 1. The highest BCUT2D eigenvalue weighted by Gasteiger charge is 2.20. The maximum absolute atomic E-state index is 13.1. The number of hydrogen-bond acceptors (Lipinski definition) is 3. The minimum Gasteiger partial charge on any atom is -0.409 e. The van der Waals surface area contributed by atoms with Crippen LogP contribution < -0.4 is 10.3 Å². The van der Waals surface area contributed by atoms with Crippen molar-refractivity contribution in [2.24, 2.45) is 0 Å². The molecular formula is C20H20N2O3. The first kappa shape index (κ1) is 16.8. The molecule has 0 unspecified atom stereocenters. The Balaban J connectivity index is 2.36. The van der Waals surface area contributed by atoms with E-state index in [0.717, 1.165) is 11.1 Å². The summed E-state index contributed by atoms with van der Waals surface area (Å²) in [6.07, 6.45) is -0.0382. The SMILES string of the molecule is CCc1c(OC(=O)N(C)C)c2ccccc2n(-c2ccccc2)c1=O. The maximum Gasteiger partial charge on any atom is 0.414 e. The summed E-state index contributed by atoms with van der Waals surface area (Å²) < 4.78 is 7.22. The number of amides is 1.